The summed E-state index contributed by atoms with van der Waals surface area (Å²) in [7, 11) is 0. The molecule has 0 saturated carbocycles. The summed E-state index contributed by atoms with van der Waals surface area (Å²) in [4.78, 5) is 31.5. The van der Waals surface area contributed by atoms with Crippen molar-refractivity contribution in [3.63, 3.8) is 0 Å². The van der Waals surface area contributed by atoms with Crippen molar-refractivity contribution < 1.29 is 4.79 Å². The van der Waals surface area contributed by atoms with Crippen molar-refractivity contribution in [3.8, 4) is 0 Å². The molecule has 1 atom stereocenters. The number of H-pyrrole nitrogens is 1. The smallest absolute Gasteiger partial charge is 0.252 e. The normalized spacial score (nSPS) is 19.8. The van der Waals surface area contributed by atoms with E-state index in [1.165, 1.54) is 6.07 Å². The zero-order valence-electron chi connectivity index (χ0n) is 10.5. The molecule has 0 aromatic carbocycles. The number of likely N-dealkylation sites (tertiary alicyclic amines) is 1. The lowest BCUT2D eigenvalue weighted by molar-refractivity contribution is -0.132. The van der Waals surface area contributed by atoms with Gasteiger partial charge in [-0.25, -0.2) is 4.98 Å². The molecule has 1 aliphatic rings. The van der Waals surface area contributed by atoms with E-state index in [2.05, 4.69) is 9.97 Å². The van der Waals surface area contributed by atoms with Gasteiger partial charge >= 0.3 is 0 Å². The Labute approximate surface area is 105 Å². The van der Waals surface area contributed by atoms with Crippen LogP contribution in [0.2, 0.25) is 0 Å². The van der Waals surface area contributed by atoms with Gasteiger partial charge in [-0.15, -0.1) is 0 Å². The first-order valence-electron chi connectivity index (χ1n) is 6.24. The zero-order valence-corrected chi connectivity index (χ0v) is 10.5. The Morgan fingerprint density at radius 3 is 3.11 bits per heavy atom. The van der Waals surface area contributed by atoms with Gasteiger partial charge in [0.25, 0.3) is 5.56 Å². The molecule has 0 unspecified atom stereocenters. The second kappa shape index (κ2) is 5.20. The number of hydrogen-bond acceptors (Lipinski definition) is 4. The van der Waals surface area contributed by atoms with E-state index >= 15 is 0 Å². The monoisotopic (exact) mass is 250 g/mol. The third-order valence-electron chi connectivity index (χ3n) is 3.27. The Balaban J connectivity index is 2.17. The first-order chi connectivity index (χ1) is 8.60. The molecule has 1 aliphatic heterocycles. The average molecular weight is 250 g/mol. The molecule has 0 aliphatic carbocycles. The predicted molar refractivity (Wildman–Crippen MR) is 68.1 cm³/mol. The average Bonchev–Trinajstić information content (AvgIpc) is 2.37. The number of nitrogens with one attached hydrogen (secondary N) is 1. The van der Waals surface area contributed by atoms with Crippen molar-refractivity contribution in [2.75, 3.05) is 18.8 Å². The SMILES string of the molecule is CCC(=O)N1CCC[C@@H](c2cc(=O)[nH]c(N)n2)C1. The number of aromatic amines is 1. The lowest BCUT2D eigenvalue weighted by Gasteiger charge is -2.32. The number of rotatable bonds is 2. The molecule has 1 saturated heterocycles. The van der Waals surface area contributed by atoms with Gasteiger partial charge in [0, 0.05) is 31.5 Å². The fourth-order valence-electron chi connectivity index (χ4n) is 2.37. The molecular weight excluding hydrogens is 232 g/mol. The van der Waals surface area contributed by atoms with E-state index in [-0.39, 0.29) is 23.3 Å². The summed E-state index contributed by atoms with van der Waals surface area (Å²) in [5, 5.41) is 0. The number of hydrogen-bond donors (Lipinski definition) is 2. The van der Waals surface area contributed by atoms with Gasteiger partial charge in [0.05, 0.1) is 5.69 Å². The lowest BCUT2D eigenvalue weighted by Crippen LogP contribution is -2.39. The van der Waals surface area contributed by atoms with Gasteiger partial charge in [0.15, 0.2) is 0 Å². The van der Waals surface area contributed by atoms with Gasteiger partial charge in [0.1, 0.15) is 0 Å². The van der Waals surface area contributed by atoms with Crippen molar-refractivity contribution >= 4 is 11.9 Å². The number of carbonyl (C=O) groups is 1. The van der Waals surface area contributed by atoms with E-state index in [0.29, 0.717) is 18.7 Å². The van der Waals surface area contributed by atoms with Crippen LogP contribution in [0.1, 0.15) is 37.8 Å². The molecule has 0 bridgehead atoms. The van der Waals surface area contributed by atoms with Crippen molar-refractivity contribution in [2.24, 2.45) is 0 Å². The first-order valence-corrected chi connectivity index (χ1v) is 6.24. The molecule has 1 amide bonds. The Hall–Kier alpha value is -1.85. The molecule has 18 heavy (non-hydrogen) atoms. The third kappa shape index (κ3) is 2.69. The number of aromatic nitrogens is 2. The van der Waals surface area contributed by atoms with Crippen LogP contribution in [0.4, 0.5) is 5.95 Å². The van der Waals surface area contributed by atoms with Gasteiger partial charge in [-0.05, 0) is 12.8 Å². The fourth-order valence-corrected chi connectivity index (χ4v) is 2.37. The van der Waals surface area contributed by atoms with Crippen LogP contribution in [-0.2, 0) is 4.79 Å². The van der Waals surface area contributed by atoms with Crippen molar-refractivity contribution in [2.45, 2.75) is 32.1 Å². The number of nitrogen functional groups attached to an aromatic ring is 1. The van der Waals surface area contributed by atoms with Crippen LogP contribution in [0.15, 0.2) is 10.9 Å². The molecule has 3 N–H and O–H groups in total. The van der Waals surface area contributed by atoms with Crippen molar-refractivity contribution in [1.82, 2.24) is 14.9 Å². The minimum atomic E-state index is -0.239. The summed E-state index contributed by atoms with van der Waals surface area (Å²) in [6, 6.07) is 1.47. The second-order valence-corrected chi connectivity index (χ2v) is 4.59. The number of carbonyl (C=O) groups excluding carboxylic acids is 1. The third-order valence-corrected chi connectivity index (χ3v) is 3.27. The maximum atomic E-state index is 11.7. The van der Waals surface area contributed by atoms with E-state index in [0.717, 1.165) is 19.4 Å². The van der Waals surface area contributed by atoms with Gasteiger partial charge in [0.2, 0.25) is 11.9 Å². The van der Waals surface area contributed by atoms with Gasteiger partial charge in [-0.1, -0.05) is 6.92 Å². The summed E-state index contributed by atoms with van der Waals surface area (Å²) in [5.41, 5.74) is 5.99. The summed E-state index contributed by atoms with van der Waals surface area (Å²) < 4.78 is 0. The van der Waals surface area contributed by atoms with Crippen LogP contribution in [0.25, 0.3) is 0 Å². The summed E-state index contributed by atoms with van der Waals surface area (Å²) in [6.45, 7) is 3.28. The van der Waals surface area contributed by atoms with Gasteiger partial charge < -0.3 is 10.6 Å². The van der Waals surface area contributed by atoms with Crippen LogP contribution in [0.5, 0.6) is 0 Å². The number of nitrogens with two attached hydrogens (primary N) is 1. The molecule has 0 spiro atoms. The molecule has 2 heterocycles. The molecule has 6 nitrogen and oxygen atoms in total. The zero-order chi connectivity index (χ0) is 13.1. The van der Waals surface area contributed by atoms with Crippen molar-refractivity contribution in [3.05, 3.63) is 22.1 Å². The number of piperidine rings is 1. The van der Waals surface area contributed by atoms with Crippen LogP contribution in [0, 0.1) is 0 Å². The minimum Gasteiger partial charge on any atom is -0.369 e. The van der Waals surface area contributed by atoms with Crippen LogP contribution < -0.4 is 11.3 Å². The Bertz CT molecular complexity index is 497. The van der Waals surface area contributed by atoms with Crippen LogP contribution >= 0.6 is 0 Å². The quantitative estimate of drug-likeness (QED) is 0.798. The predicted octanol–water partition coefficient (Wildman–Crippen LogP) is 0.468. The maximum Gasteiger partial charge on any atom is 0.252 e. The first kappa shape index (κ1) is 12.6. The van der Waals surface area contributed by atoms with E-state index in [4.69, 9.17) is 5.73 Å². The van der Waals surface area contributed by atoms with Crippen molar-refractivity contribution in [1.29, 1.82) is 0 Å². The van der Waals surface area contributed by atoms with E-state index in [9.17, 15) is 9.59 Å². The van der Waals surface area contributed by atoms with E-state index < -0.39 is 0 Å². The largest absolute Gasteiger partial charge is 0.369 e. The maximum absolute atomic E-state index is 11.7. The molecule has 98 valence electrons. The molecule has 2 rings (SSSR count). The molecule has 1 fully saturated rings. The summed E-state index contributed by atoms with van der Waals surface area (Å²) in [6.07, 6.45) is 2.38. The minimum absolute atomic E-state index is 0.110. The Kier molecular flexibility index (Phi) is 3.64. The van der Waals surface area contributed by atoms with Crippen LogP contribution in [-0.4, -0.2) is 33.9 Å². The van der Waals surface area contributed by atoms with E-state index in [1.54, 1.807) is 0 Å². The van der Waals surface area contributed by atoms with Gasteiger partial charge in [-0.3, -0.25) is 14.6 Å². The molecule has 6 heteroatoms. The second-order valence-electron chi connectivity index (χ2n) is 4.59. The highest BCUT2D eigenvalue weighted by Crippen LogP contribution is 2.25. The number of amides is 1. The summed E-state index contributed by atoms with van der Waals surface area (Å²) in [5.74, 6) is 0.396. The number of nitrogens with zero attached hydrogens (tertiary/aromatic N) is 2. The highest BCUT2D eigenvalue weighted by molar-refractivity contribution is 5.76. The Morgan fingerprint density at radius 1 is 1.67 bits per heavy atom. The standard InChI is InChI=1S/C12H18N4O2/c1-2-11(18)16-5-3-4-8(7-16)9-6-10(17)15-12(13)14-9/h6,8H,2-5,7H2,1H3,(H3,13,14,15,17)/t8-/m1/s1. The molecule has 1 aromatic heterocycles. The lowest BCUT2D eigenvalue weighted by atomic mass is 9.94. The molecule has 1 aromatic rings. The highest BCUT2D eigenvalue weighted by Gasteiger charge is 2.25. The topological polar surface area (TPSA) is 92.1 Å². The Morgan fingerprint density at radius 2 is 2.44 bits per heavy atom. The van der Waals surface area contributed by atoms with E-state index in [1.807, 2.05) is 11.8 Å². The van der Waals surface area contributed by atoms with Crippen LogP contribution in [0.3, 0.4) is 0 Å². The molecular formula is C12H18N4O2. The fraction of sp³-hybridized carbons (Fsp3) is 0.583. The highest BCUT2D eigenvalue weighted by atomic mass is 16.2. The summed E-state index contributed by atoms with van der Waals surface area (Å²) >= 11 is 0. The number of anilines is 1. The molecule has 0 radical (unpaired) electrons. The van der Waals surface area contributed by atoms with Gasteiger partial charge in [-0.2, -0.15) is 0 Å².